The van der Waals surface area contributed by atoms with Crippen molar-refractivity contribution in [2.45, 2.75) is 57.5 Å². The van der Waals surface area contributed by atoms with Crippen LogP contribution in [0, 0.1) is 11.3 Å². The molecule has 0 radical (unpaired) electrons. The highest BCUT2D eigenvalue weighted by atomic mass is 32.2. The Hall–Kier alpha value is -1.40. The minimum Gasteiger partial charge on any atom is -0.459 e. The van der Waals surface area contributed by atoms with Gasteiger partial charge >= 0.3 is 5.97 Å². The molecule has 140 valence electrons. The lowest BCUT2D eigenvalue weighted by atomic mass is 9.72. The highest BCUT2D eigenvalue weighted by molar-refractivity contribution is 7.89. The van der Waals surface area contributed by atoms with E-state index in [1.165, 1.54) is 38.4 Å². The fourth-order valence-electron chi connectivity index (χ4n) is 3.24. The van der Waals surface area contributed by atoms with E-state index in [1.54, 1.807) is 0 Å². The van der Waals surface area contributed by atoms with Crippen LogP contribution in [-0.2, 0) is 14.8 Å². The first-order valence-electron chi connectivity index (χ1n) is 8.75. The summed E-state index contributed by atoms with van der Waals surface area (Å²) in [7, 11) is -0.530. The molecule has 6 heteroatoms. The summed E-state index contributed by atoms with van der Waals surface area (Å²) in [6.45, 7) is 6.77. The van der Waals surface area contributed by atoms with Gasteiger partial charge in [-0.15, -0.1) is 0 Å². The zero-order valence-corrected chi connectivity index (χ0v) is 16.6. The fraction of sp³-hybridized carbons (Fsp3) is 0.632. The van der Waals surface area contributed by atoms with Crippen molar-refractivity contribution in [3.8, 4) is 0 Å². The second kappa shape index (κ2) is 7.46. The van der Waals surface area contributed by atoms with Gasteiger partial charge in [-0.2, -0.15) is 0 Å². The number of benzene rings is 1. The minimum atomic E-state index is -3.49. The lowest BCUT2D eigenvalue weighted by Crippen LogP contribution is -2.30. The van der Waals surface area contributed by atoms with Crippen LogP contribution < -0.4 is 0 Å². The van der Waals surface area contributed by atoms with Gasteiger partial charge in [-0.05, 0) is 61.3 Å². The van der Waals surface area contributed by atoms with Crippen LogP contribution in [0.4, 0.5) is 0 Å². The molecule has 1 aliphatic carbocycles. The minimum absolute atomic E-state index is 0.0451. The summed E-state index contributed by atoms with van der Waals surface area (Å²) in [6, 6.07) is 5.92. The highest BCUT2D eigenvalue weighted by Gasteiger charge is 2.31. The van der Waals surface area contributed by atoms with Crippen LogP contribution in [0.15, 0.2) is 29.2 Å². The van der Waals surface area contributed by atoms with Gasteiger partial charge < -0.3 is 4.74 Å². The number of rotatable bonds is 4. The quantitative estimate of drug-likeness (QED) is 0.761. The van der Waals surface area contributed by atoms with Crippen molar-refractivity contribution in [2.75, 3.05) is 14.1 Å². The number of nitrogens with zero attached hydrogens (tertiary/aromatic N) is 1. The Morgan fingerprint density at radius 3 is 2.00 bits per heavy atom. The van der Waals surface area contributed by atoms with Crippen molar-refractivity contribution < 1.29 is 17.9 Å². The molecule has 1 aromatic rings. The van der Waals surface area contributed by atoms with Crippen LogP contribution >= 0.6 is 0 Å². The van der Waals surface area contributed by atoms with Gasteiger partial charge in [0.15, 0.2) is 0 Å². The van der Waals surface area contributed by atoms with Crippen molar-refractivity contribution in [3.63, 3.8) is 0 Å². The molecule has 1 aliphatic rings. The molecule has 0 heterocycles. The molecule has 0 unspecified atom stereocenters. The first-order valence-corrected chi connectivity index (χ1v) is 10.2. The SMILES string of the molecule is CN(C)S(=O)(=O)c1ccc(C(=O)OC2CCC(C(C)(C)C)CC2)cc1. The second-order valence-electron chi connectivity index (χ2n) is 8.06. The van der Waals surface area contributed by atoms with E-state index in [-0.39, 0.29) is 17.0 Å². The first-order chi connectivity index (χ1) is 11.5. The van der Waals surface area contributed by atoms with Gasteiger partial charge in [-0.1, -0.05) is 20.8 Å². The zero-order chi connectivity index (χ0) is 18.8. The lowest BCUT2D eigenvalue weighted by molar-refractivity contribution is 0.00928. The van der Waals surface area contributed by atoms with Crippen molar-refractivity contribution in [1.82, 2.24) is 4.31 Å². The number of hydrogen-bond acceptors (Lipinski definition) is 4. The van der Waals surface area contributed by atoms with Gasteiger partial charge in [-0.25, -0.2) is 17.5 Å². The predicted molar refractivity (Wildman–Crippen MR) is 97.9 cm³/mol. The Morgan fingerprint density at radius 2 is 1.56 bits per heavy atom. The Kier molecular flexibility index (Phi) is 5.94. The van der Waals surface area contributed by atoms with E-state index in [2.05, 4.69) is 20.8 Å². The van der Waals surface area contributed by atoms with Crippen molar-refractivity contribution in [3.05, 3.63) is 29.8 Å². The molecule has 5 nitrogen and oxygen atoms in total. The smallest absolute Gasteiger partial charge is 0.338 e. The van der Waals surface area contributed by atoms with Gasteiger partial charge in [0.2, 0.25) is 10.0 Å². The lowest BCUT2D eigenvalue weighted by Gasteiger charge is -2.36. The van der Waals surface area contributed by atoms with E-state index in [9.17, 15) is 13.2 Å². The molecule has 25 heavy (non-hydrogen) atoms. The number of carbonyl (C=O) groups excluding carboxylic acids is 1. The Balaban J connectivity index is 1.96. The summed E-state index contributed by atoms with van der Waals surface area (Å²) in [5.41, 5.74) is 0.679. The average Bonchev–Trinajstić information content (AvgIpc) is 2.54. The van der Waals surface area contributed by atoms with Crippen molar-refractivity contribution in [2.24, 2.45) is 11.3 Å². The Labute approximate surface area is 151 Å². The number of esters is 1. The molecular formula is C19H29NO4S. The van der Waals surface area contributed by atoms with Gasteiger partial charge in [0, 0.05) is 14.1 Å². The monoisotopic (exact) mass is 367 g/mol. The molecule has 0 atom stereocenters. The number of ether oxygens (including phenoxy) is 1. The zero-order valence-electron chi connectivity index (χ0n) is 15.8. The summed E-state index contributed by atoms with van der Waals surface area (Å²) in [4.78, 5) is 12.5. The van der Waals surface area contributed by atoms with Gasteiger partial charge in [0.05, 0.1) is 10.5 Å². The van der Waals surface area contributed by atoms with E-state index in [0.29, 0.717) is 16.9 Å². The van der Waals surface area contributed by atoms with E-state index < -0.39 is 10.0 Å². The molecule has 1 fully saturated rings. The molecule has 0 amide bonds. The summed E-state index contributed by atoms with van der Waals surface area (Å²) in [5, 5.41) is 0. The molecule has 2 rings (SSSR count). The van der Waals surface area contributed by atoms with Gasteiger partial charge in [-0.3, -0.25) is 0 Å². The van der Waals surface area contributed by atoms with Crippen LogP contribution in [0.5, 0.6) is 0 Å². The summed E-state index contributed by atoms with van der Waals surface area (Å²) in [6.07, 6.45) is 3.88. The predicted octanol–water partition coefficient (Wildman–Crippen LogP) is 3.70. The Morgan fingerprint density at radius 1 is 1.04 bits per heavy atom. The second-order valence-corrected chi connectivity index (χ2v) is 10.2. The largest absolute Gasteiger partial charge is 0.459 e. The molecule has 0 aliphatic heterocycles. The van der Waals surface area contributed by atoms with Crippen LogP contribution in [-0.4, -0.2) is 38.9 Å². The molecule has 0 spiro atoms. The summed E-state index contributed by atoms with van der Waals surface area (Å²) in [5.74, 6) is 0.283. The van der Waals surface area contributed by atoms with E-state index in [0.717, 1.165) is 30.0 Å². The molecule has 0 N–H and O–H groups in total. The molecule has 0 bridgehead atoms. The van der Waals surface area contributed by atoms with Gasteiger partial charge in [0.1, 0.15) is 6.10 Å². The summed E-state index contributed by atoms with van der Waals surface area (Å²) >= 11 is 0. The molecular weight excluding hydrogens is 338 g/mol. The van der Waals surface area contributed by atoms with Crippen molar-refractivity contribution >= 4 is 16.0 Å². The van der Waals surface area contributed by atoms with E-state index >= 15 is 0 Å². The third kappa shape index (κ3) is 4.82. The molecule has 1 aromatic carbocycles. The maximum Gasteiger partial charge on any atom is 0.338 e. The van der Waals surface area contributed by atoms with Gasteiger partial charge in [0.25, 0.3) is 0 Å². The third-order valence-electron chi connectivity index (χ3n) is 5.04. The highest BCUT2D eigenvalue weighted by Crippen LogP contribution is 2.38. The van der Waals surface area contributed by atoms with E-state index in [4.69, 9.17) is 4.74 Å². The van der Waals surface area contributed by atoms with Crippen molar-refractivity contribution in [1.29, 1.82) is 0 Å². The molecule has 0 aromatic heterocycles. The molecule has 0 saturated heterocycles. The Bertz CT molecular complexity index is 694. The number of carbonyl (C=O) groups is 1. The average molecular weight is 368 g/mol. The maximum absolute atomic E-state index is 12.3. The number of sulfonamides is 1. The topological polar surface area (TPSA) is 63.7 Å². The van der Waals surface area contributed by atoms with Crippen LogP contribution in [0.3, 0.4) is 0 Å². The van der Waals surface area contributed by atoms with E-state index in [1.807, 2.05) is 0 Å². The normalized spacial score (nSPS) is 22.0. The fourth-order valence-corrected chi connectivity index (χ4v) is 4.14. The van der Waals surface area contributed by atoms with Crippen LogP contribution in [0.2, 0.25) is 0 Å². The summed E-state index contributed by atoms with van der Waals surface area (Å²) < 4.78 is 30.9. The first kappa shape index (κ1) is 19.9. The molecule has 1 saturated carbocycles. The third-order valence-corrected chi connectivity index (χ3v) is 6.87. The van der Waals surface area contributed by atoms with Crippen LogP contribution in [0.25, 0.3) is 0 Å². The van der Waals surface area contributed by atoms with Crippen LogP contribution in [0.1, 0.15) is 56.8 Å². The number of hydrogen-bond donors (Lipinski definition) is 0. The maximum atomic E-state index is 12.3. The standard InChI is InChI=1S/C19H29NO4S/c1-19(2,3)15-8-10-16(11-9-15)24-18(21)14-6-12-17(13-7-14)25(22,23)20(4)5/h6-7,12-13,15-16H,8-11H2,1-5H3.